The summed E-state index contributed by atoms with van der Waals surface area (Å²) in [6.45, 7) is 8.80. The first-order valence-electron chi connectivity index (χ1n) is 4.75. The predicted octanol–water partition coefficient (Wildman–Crippen LogP) is 1.17. The number of nitrogens with one attached hydrogen (secondary N) is 1. The largest absolute Gasteiger partial charge is 0.395 e. The lowest BCUT2D eigenvalue weighted by Gasteiger charge is -2.26. The zero-order valence-electron chi connectivity index (χ0n) is 9.05. The van der Waals surface area contributed by atoms with Crippen LogP contribution in [0.2, 0.25) is 0 Å². The van der Waals surface area contributed by atoms with Crippen LogP contribution in [0, 0.1) is 11.3 Å². The van der Waals surface area contributed by atoms with E-state index >= 15 is 0 Å². The van der Waals surface area contributed by atoms with Gasteiger partial charge < -0.3 is 10.4 Å². The molecule has 0 heterocycles. The molecule has 0 aromatic carbocycles. The van der Waals surface area contributed by atoms with Crippen LogP contribution >= 0.6 is 0 Å². The van der Waals surface area contributed by atoms with Crippen LogP contribution in [-0.2, 0) is 4.79 Å². The normalized spacial score (nSPS) is 13.9. The van der Waals surface area contributed by atoms with Crippen molar-refractivity contribution in [3.8, 4) is 0 Å². The molecule has 0 saturated heterocycles. The SMILES string of the molecule is CC(CC(=O)NCCO)C(C)(C)C. The van der Waals surface area contributed by atoms with Gasteiger partial charge in [0.1, 0.15) is 0 Å². The summed E-state index contributed by atoms with van der Waals surface area (Å²) in [6.07, 6.45) is 0.531. The quantitative estimate of drug-likeness (QED) is 0.694. The van der Waals surface area contributed by atoms with E-state index < -0.39 is 0 Å². The van der Waals surface area contributed by atoms with Gasteiger partial charge in [0.2, 0.25) is 5.91 Å². The van der Waals surface area contributed by atoms with Crippen molar-refractivity contribution in [2.75, 3.05) is 13.2 Å². The average molecular weight is 187 g/mol. The van der Waals surface area contributed by atoms with Gasteiger partial charge in [-0.2, -0.15) is 0 Å². The molecule has 3 heteroatoms. The van der Waals surface area contributed by atoms with Crippen LogP contribution in [-0.4, -0.2) is 24.2 Å². The van der Waals surface area contributed by atoms with Crippen LogP contribution in [0.25, 0.3) is 0 Å². The van der Waals surface area contributed by atoms with Crippen molar-refractivity contribution in [1.29, 1.82) is 0 Å². The van der Waals surface area contributed by atoms with E-state index in [-0.39, 0.29) is 17.9 Å². The molecule has 2 N–H and O–H groups in total. The Hall–Kier alpha value is -0.570. The van der Waals surface area contributed by atoms with E-state index in [4.69, 9.17) is 5.11 Å². The molecule has 0 fully saturated rings. The van der Waals surface area contributed by atoms with Crippen molar-refractivity contribution in [2.45, 2.75) is 34.1 Å². The molecule has 0 bridgehead atoms. The molecule has 3 nitrogen and oxygen atoms in total. The number of amides is 1. The molecule has 1 atom stereocenters. The number of rotatable bonds is 4. The number of aliphatic hydroxyl groups excluding tert-OH is 1. The van der Waals surface area contributed by atoms with Gasteiger partial charge in [0.15, 0.2) is 0 Å². The molecule has 0 aromatic rings. The van der Waals surface area contributed by atoms with Gasteiger partial charge in [-0.15, -0.1) is 0 Å². The van der Waals surface area contributed by atoms with E-state index in [0.717, 1.165) is 0 Å². The molecule has 0 saturated carbocycles. The topological polar surface area (TPSA) is 49.3 Å². The molecule has 78 valence electrons. The van der Waals surface area contributed by atoms with E-state index in [1.54, 1.807) is 0 Å². The van der Waals surface area contributed by atoms with Gasteiger partial charge in [0, 0.05) is 13.0 Å². The zero-order valence-corrected chi connectivity index (χ0v) is 9.05. The number of hydrogen-bond acceptors (Lipinski definition) is 2. The Morgan fingerprint density at radius 3 is 2.38 bits per heavy atom. The Balaban J connectivity index is 3.79. The van der Waals surface area contributed by atoms with Crippen LogP contribution in [0.3, 0.4) is 0 Å². The van der Waals surface area contributed by atoms with Crippen molar-refractivity contribution < 1.29 is 9.90 Å². The number of hydrogen-bond donors (Lipinski definition) is 2. The molecule has 1 unspecified atom stereocenters. The zero-order chi connectivity index (χ0) is 10.5. The molecule has 0 spiro atoms. The third-order valence-corrected chi connectivity index (χ3v) is 2.40. The molecule has 0 aliphatic rings. The van der Waals surface area contributed by atoms with E-state index in [0.29, 0.717) is 18.9 Å². The van der Waals surface area contributed by atoms with Crippen LogP contribution in [0.5, 0.6) is 0 Å². The summed E-state index contributed by atoms with van der Waals surface area (Å²) in [6, 6.07) is 0. The van der Waals surface area contributed by atoms with Gasteiger partial charge in [-0.3, -0.25) is 4.79 Å². The minimum Gasteiger partial charge on any atom is -0.395 e. The van der Waals surface area contributed by atoms with Gasteiger partial charge in [0.05, 0.1) is 6.61 Å². The summed E-state index contributed by atoms with van der Waals surface area (Å²) in [5, 5.41) is 11.1. The first kappa shape index (κ1) is 12.4. The smallest absolute Gasteiger partial charge is 0.220 e. The van der Waals surface area contributed by atoms with Crippen molar-refractivity contribution in [1.82, 2.24) is 5.32 Å². The third-order valence-electron chi connectivity index (χ3n) is 2.40. The summed E-state index contributed by atoms with van der Waals surface area (Å²) in [7, 11) is 0. The summed E-state index contributed by atoms with van der Waals surface area (Å²) in [5.74, 6) is 0.377. The molecular weight excluding hydrogens is 166 g/mol. The maximum Gasteiger partial charge on any atom is 0.220 e. The first-order valence-corrected chi connectivity index (χ1v) is 4.75. The molecule has 0 aromatic heterocycles. The molecule has 1 amide bonds. The van der Waals surface area contributed by atoms with Gasteiger partial charge in [0.25, 0.3) is 0 Å². The van der Waals surface area contributed by atoms with Crippen LogP contribution in [0.1, 0.15) is 34.1 Å². The maximum atomic E-state index is 11.2. The van der Waals surface area contributed by atoms with Gasteiger partial charge in [-0.25, -0.2) is 0 Å². The third kappa shape index (κ3) is 5.64. The Bertz CT molecular complexity index is 161. The van der Waals surface area contributed by atoms with E-state index in [2.05, 4.69) is 33.0 Å². The lowest BCUT2D eigenvalue weighted by molar-refractivity contribution is -0.122. The molecule has 13 heavy (non-hydrogen) atoms. The predicted molar refractivity (Wildman–Crippen MR) is 53.3 cm³/mol. The Morgan fingerprint density at radius 1 is 1.46 bits per heavy atom. The number of carbonyl (C=O) groups excluding carboxylic acids is 1. The van der Waals surface area contributed by atoms with E-state index in [1.165, 1.54) is 0 Å². The highest BCUT2D eigenvalue weighted by atomic mass is 16.3. The second-order valence-corrected chi connectivity index (χ2v) is 4.54. The van der Waals surface area contributed by atoms with E-state index in [1.807, 2.05) is 0 Å². The first-order chi connectivity index (χ1) is 5.88. The average Bonchev–Trinajstić information content (AvgIpc) is 1.99. The van der Waals surface area contributed by atoms with Crippen molar-refractivity contribution in [2.24, 2.45) is 11.3 Å². The van der Waals surface area contributed by atoms with Gasteiger partial charge in [-0.1, -0.05) is 27.7 Å². The monoisotopic (exact) mass is 187 g/mol. The van der Waals surface area contributed by atoms with Crippen molar-refractivity contribution in [3.63, 3.8) is 0 Å². The van der Waals surface area contributed by atoms with Crippen LogP contribution in [0.15, 0.2) is 0 Å². The Kier molecular flexibility index (Phi) is 4.99. The summed E-state index contributed by atoms with van der Waals surface area (Å²) in [5.41, 5.74) is 0.163. The Morgan fingerprint density at radius 2 is 2.00 bits per heavy atom. The highest BCUT2D eigenvalue weighted by Crippen LogP contribution is 2.27. The Labute approximate surface area is 80.5 Å². The number of carbonyl (C=O) groups is 1. The molecule has 0 aliphatic heterocycles. The van der Waals surface area contributed by atoms with Crippen molar-refractivity contribution >= 4 is 5.91 Å². The van der Waals surface area contributed by atoms with Crippen LogP contribution in [0.4, 0.5) is 0 Å². The fraction of sp³-hybridized carbons (Fsp3) is 0.900. The minimum absolute atomic E-state index is 0.00956. The van der Waals surface area contributed by atoms with Gasteiger partial charge in [-0.05, 0) is 11.3 Å². The van der Waals surface area contributed by atoms with E-state index in [9.17, 15) is 4.79 Å². The molecule has 0 radical (unpaired) electrons. The van der Waals surface area contributed by atoms with Gasteiger partial charge >= 0.3 is 0 Å². The highest BCUT2D eigenvalue weighted by Gasteiger charge is 2.22. The molecule has 0 aliphatic carbocycles. The molecule has 0 rings (SSSR count). The highest BCUT2D eigenvalue weighted by molar-refractivity contribution is 5.76. The minimum atomic E-state index is 0.00956. The summed E-state index contributed by atoms with van der Waals surface area (Å²) >= 11 is 0. The van der Waals surface area contributed by atoms with Crippen molar-refractivity contribution in [3.05, 3.63) is 0 Å². The number of aliphatic hydroxyl groups is 1. The second-order valence-electron chi connectivity index (χ2n) is 4.54. The standard InChI is InChI=1S/C10H21NO2/c1-8(10(2,3)4)7-9(13)11-5-6-12/h8,12H,5-7H2,1-4H3,(H,11,13). The fourth-order valence-corrected chi connectivity index (χ4v) is 0.852. The lowest BCUT2D eigenvalue weighted by Crippen LogP contribution is -2.30. The summed E-state index contributed by atoms with van der Waals surface area (Å²) < 4.78 is 0. The second kappa shape index (κ2) is 5.22. The fourth-order valence-electron chi connectivity index (χ4n) is 0.852. The van der Waals surface area contributed by atoms with Crippen LogP contribution < -0.4 is 5.32 Å². The molecular formula is C10H21NO2. The maximum absolute atomic E-state index is 11.2. The summed E-state index contributed by atoms with van der Waals surface area (Å²) in [4.78, 5) is 11.2. The lowest BCUT2D eigenvalue weighted by atomic mass is 9.80.